The molecule has 0 saturated heterocycles. The van der Waals surface area contributed by atoms with Gasteiger partial charge in [0.05, 0.1) is 18.7 Å². The lowest BCUT2D eigenvalue weighted by atomic mass is 10.1. The number of rotatable bonds is 6. The highest BCUT2D eigenvalue weighted by atomic mass is 32.1. The lowest BCUT2D eigenvalue weighted by molar-refractivity contribution is -0.142. The summed E-state index contributed by atoms with van der Waals surface area (Å²) >= 11 is 1.31. The van der Waals surface area contributed by atoms with Crippen LogP contribution in [0.15, 0.2) is 30.3 Å². The Morgan fingerprint density at radius 2 is 1.96 bits per heavy atom. The van der Waals surface area contributed by atoms with E-state index in [4.69, 9.17) is 4.74 Å². The average Bonchev–Trinajstić information content (AvgIpc) is 2.90. The van der Waals surface area contributed by atoms with E-state index < -0.39 is 0 Å². The number of carbonyl (C=O) groups is 2. The summed E-state index contributed by atoms with van der Waals surface area (Å²) in [4.78, 5) is 28.9. The molecule has 0 atom stereocenters. The Morgan fingerprint density at radius 3 is 2.57 bits per heavy atom. The molecule has 1 heterocycles. The van der Waals surface area contributed by atoms with Gasteiger partial charge in [-0.05, 0) is 6.92 Å². The molecular formula is C17H20N2O3S. The quantitative estimate of drug-likeness (QED) is 0.822. The molecule has 2 rings (SSSR count). The Bertz CT molecular complexity index is 680. The fourth-order valence-electron chi connectivity index (χ4n) is 1.94. The maximum Gasteiger partial charge on any atom is 0.311 e. The van der Waals surface area contributed by atoms with Crippen molar-refractivity contribution in [2.45, 2.75) is 27.2 Å². The van der Waals surface area contributed by atoms with E-state index in [-0.39, 0.29) is 24.2 Å². The fourth-order valence-corrected chi connectivity index (χ4v) is 2.91. The molecule has 1 N–H and O–H groups in total. The van der Waals surface area contributed by atoms with Crippen LogP contribution in [0.5, 0.6) is 0 Å². The molecule has 0 bridgehead atoms. The molecule has 6 heteroatoms. The van der Waals surface area contributed by atoms with Crippen LogP contribution >= 0.6 is 11.3 Å². The third-order valence-corrected chi connectivity index (χ3v) is 4.08. The molecule has 122 valence electrons. The minimum absolute atomic E-state index is 0.0963. The number of ether oxygens (including phenoxy) is 1. The van der Waals surface area contributed by atoms with Gasteiger partial charge < -0.3 is 10.1 Å². The SMILES string of the molecule is CCOC(=O)Cc1sc(NC(=O)C(C)C)nc1-c1ccccc1. The highest BCUT2D eigenvalue weighted by Crippen LogP contribution is 2.32. The van der Waals surface area contributed by atoms with Gasteiger partial charge in [-0.1, -0.05) is 44.2 Å². The summed E-state index contributed by atoms with van der Waals surface area (Å²) in [5, 5.41) is 3.30. The Kier molecular flexibility index (Phi) is 5.87. The van der Waals surface area contributed by atoms with Crippen LogP contribution in [-0.2, 0) is 20.7 Å². The van der Waals surface area contributed by atoms with Crippen LogP contribution in [0, 0.1) is 5.92 Å². The van der Waals surface area contributed by atoms with Crippen molar-refractivity contribution in [2.24, 2.45) is 5.92 Å². The van der Waals surface area contributed by atoms with Gasteiger partial charge in [0.1, 0.15) is 0 Å². The van der Waals surface area contributed by atoms with E-state index in [2.05, 4.69) is 10.3 Å². The van der Waals surface area contributed by atoms with Crippen LogP contribution in [-0.4, -0.2) is 23.5 Å². The number of thiazole rings is 1. The summed E-state index contributed by atoms with van der Waals surface area (Å²) in [5.74, 6) is -0.524. The minimum Gasteiger partial charge on any atom is -0.466 e. The fraction of sp³-hybridized carbons (Fsp3) is 0.353. The Hall–Kier alpha value is -2.21. The molecule has 0 fully saturated rings. The lowest BCUT2D eigenvalue weighted by Crippen LogP contribution is -2.17. The second-order valence-corrected chi connectivity index (χ2v) is 6.37. The van der Waals surface area contributed by atoms with Gasteiger partial charge in [-0.15, -0.1) is 11.3 Å². The highest BCUT2D eigenvalue weighted by Gasteiger charge is 2.18. The highest BCUT2D eigenvalue weighted by molar-refractivity contribution is 7.16. The molecule has 0 spiro atoms. The first-order valence-corrected chi connectivity index (χ1v) is 8.34. The van der Waals surface area contributed by atoms with Crippen molar-refractivity contribution in [3.05, 3.63) is 35.2 Å². The molecule has 0 aliphatic heterocycles. The zero-order chi connectivity index (χ0) is 16.8. The predicted octanol–water partition coefficient (Wildman–Crippen LogP) is 3.51. The number of nitrogens with one attached hydrogen (secondary N) is 1. The zero-order valence-corrected chi connectivity index (χ0v) is 14.3. The number of nitrogens with zero attached hydrogens (tertiary/aromatic N) is 1. The number of amides is 1. The van der Waals surface area contributed by atoms with E-state index in [0.717, 1.165) is 10.4 Å². The first kappa shape index (κ1) is 17.1. The monoisotopic (exact) mass is 332 g/mol. The molecular weight excluding hydrogens is 312 g/mol. The van der Waals surface area contributed by atoms with E-state index in [0.29, 0.717) is 17.4 Å². The van der Waals surface area contributed by atoms with Crippen molar-refractivity contribution in [2.75, 3.05) is 11.9 Å². The lowest BCUT2D eigenvalue weighted by Gasteiger charge is -2.03. The van der Waals surface area contributed by atoms with Crippen molar-refractivity contribution < 1.29 is 14.3 Å². The molecule has 1 aromatic carbocycles. The summed E-state index contributed by atoms with van der Waals surface area (Å²) in [5.41, 5.74) is 1.62. The maximum atomic E-state index is 11.9. The molecule has 0 unspecified atom stereocenters. The number of hydrogen-bond acceptors (Lipinski definition) is 5. The van der Waals surface area contributed by atoms with Crippen LogP contribution in [0.2, 0.25) is 0 Å². The van der Waals surface area contributed by atoms with Crippen LogP contribution in [0.1, 0.15) is 25.6 Å². The molecule has 23 heavy (non-hydrogen) atoms. The summed E-state index contributed by atoms with van der Waals surface area (Å²) in [7, 11) is 0. The van der Waals surface area contributed by atoms with E-state index in [1.54, 1.807) is 6.92 Å². The molecule has 1 amide bonds. The Morgan fingerprint density at radius 1 is 1.26 bits per heavy atom. The Balaban J connectivity index is 2.32. The van der Waals surface area contributed by atoms with Crippen molar-refractivity contribution in [3.63, 3.8) is 0 Å². The number of benzene rings is 1. The van der Waals surface area contributed by atoms with Crippen molar-refractivity contribution >= 4 is 28.3 Å². The van der Waals surface area contributed by atoms with Crippen molar-refractivity contribution in [1.29, 1.82) is 0 Å². The summed E-state index contributed by atoms with van der Waals surface area (Å²) in [6, 6.07) is 9.60. The van der Waals surface area contributed by atoms with Gasteiger partial charge in [0.15, 0.2) is 5.13 Å². The van der Waals surface area contributed by atoms with Crippen LogP contribution in [0.25, 0.3) is 11.3 Å². The van der Waals surface area contributed by atoms with Gasteiger partial charge in [-0.3, -0.25) is 9.59 Å². The van der Waals surface area contributed by atoms with Crippen molar-refractivity contribution in [1.82, 2.24) is 4.98 Å². The first-order chi connectivity index (χ1) is 11.0. The van der Waals surface area contributed by atoms with Gasteiger partial charge >= 0.3 is 5.97 Å². The summed E-state index contributed by atoms with van der Waals surface area (Å²) in [6.45, 7) is 5.76. The number of hydrogen-bond donors (Lipinski definition) is 1. The number of aromatic nitrogens is 1. The van der Waals surface area contributed by atoms with Crippen molar-refractivity contribution in [3.8, 4) is 11.3 Å². The molecule has 1 aromatic heterocycles. The van der Waals surface area contributed by atoms with E-state index in [9.17, 15) is 9.59 Å². The minimum atomic E-state index is -0.296. The third-order valence-electron chi connectivity index (χ3n) is 3.11. The Labute approximate surface area is 139 Å². The van der Waals surface area contributed by atoms with E-state index in [1.165, 1.54) is 11.3 Å². The summed E-state index contributed by atoms with van der Waals surface area (Å²) in [6.07, 6.45) is 0.146. The average molecular weight is 332 g/mol. The molecule has 5 nitrogen and oxygen atoms in total. The second-order valence-electron chi connectivity index (χ2n) is 5.28. The van der Waals surface area contributed by atoms with Gasteiger partial charge in [-0.25, -0.2) is 4.98 Å². The van der Waals surface area contributed by atoms with Crippen LogP contribution in [0.4, 0.5) is 5.13 Å². The molecule has 0 radical (unpaired) electrons. The topological polar surface area (TPSA) is 68.3 Å². The van der Waals surface area contributed by atoms with E-state index >= 15 is 0 Å². The maximum absolute atomic E-state index is 11.9. The van der Waals surface area contributed by atoms with Crippen LogP contribution in [0.3, 0.4) is 0 Å². The summed E-state index contributed by atoms with van der Waals surface area (Å²) < 4.78 is 5.02. The normalized spacial score (nSPS) is 10.6. The van der Waals surface area contributed by atoms with Gasteiger partial charge in [-0.2, -0.15) is 0 Å². The first-order valence-electron chi connectivity index (χ1n) is 7.52. The van der Waals surface area contributed by atoms with Gasteiger partial charge in [0, 0.05) is 16.4 Å². The standard InChI is InChI=1S/C17H20N2O3S/c1-4-22-14(20)10-13-15(12-8-6-5-7-9-12)18-17(23-13)19-16(21)11(2)3/h5-9,11H,4,10H2,1-3H3,(H,18,19,21). The zero-order valence-electron chi connectivity index (χ0n) is 13.5. The number of anilines is 1. The largest absolute Gasteiger partial charge is 0.466 e. The molecule has 0 aliphatic rings. The van der Waals surface area contributed by atoms with Gasteiger partial charge in [0.2, 0.25) is 5.91 Å². The molecule has 0 aliphatic carbocycles. The van der Waals surface area contributed by atoms with Crippen LogP contribution < -0.4 is 5.32 Å². The van der Waals surface area contributed by atoms with Gasteiger partial charge in [0.25, 0.3) is 0 Å². The smallest absolute Gasteiger partial charge is 0.311 e. The predicted molar refractivity (Wildman–Crippen MR) is 91.4 cm³/mol. The number of esters is 1. The second kappa shape index (κ2) is 7.87. The molecule has 0 saturated carbocycles. The number of carbonyl (C=O) groups excluding carboxylic acids is 2. The van der Waals surface area contributed by atoms with E-state index in [1.807, 2.05) is 44.2 Å². The molecule has 2 aromatic rings. The third kappa shape index (κ3) is 4.63.